The molecule has 2 heterocycles. The van der Waals surface area contributed by atoms with Crippen molar-refractivity contribution in [1.29, 1.82) is 0 Å². The molecular weight excluding hydrogens is 556 g/mol. The lowest BCUT2D eigenvalue weighted by atomic mass is 9.99. The number of hydrogen-bond donors (Lipinski definition) is 8. The van der Waals surface area contributed by atoms with Crippen LogP contribution in [-0.4, -0.2) is 141 Å². The molecule has 0 saturated carbocycles. The summed E-state index contributed by atoms with van der Waals surface area (Å²) in [5.74, 6) is 0. The van der Waals surface area contributed by atoms with Gasteiger partial charge in [-0.2, -0.15) is 0 Å². The summed E-state index contributed by atoms with van der Waals surface area (Å²) in [5, 5.41) is 79.1. The maximum atomic E-state index is 10.3. The topological polar surface area (TPSA) is 208 Å². The normalized spacial score (nSPS) is 33.2. The third-order valence-electron chi connectivity index (χ3n) is 7.92. The Morgan fingerprint density at radius 1 is 0.619 bits per heavy atom. The minimum Gasteiger partial charge on any atom is -0.394 e. The van der Waals surface area contributed by atoms with Crippen LogP contribution in [0.25, 0.3) is 0 Å². The number of aliphatic hydroxyl groups is 8. The number of ether oxygens (including phenoxy) is 5. The summed E-state index contributed by atoms with van der Waals surface area (Å²) in [6.45, 7) is 1.01. The van der Waals surface area contributed by atoms with Gasteiger partial charge in [0.05, 0.1) is 26.4 Å². The van der Waals surface area contributed by atoms with Crippen molar-refractivity contribution in [1.82, 2.24) is 0 Å². The molecule has 2 aliphatic rings. The fourth-order valence-electron chi connectivity index (χ4n) is 5.18. The molecule has 2 aliphatic heterocycles. The number of rotatable bonds is 23. The molecule has 11 atom stereocenters. The largest absolute Gasteiger partial charge is 0.394 e. The van der Waals surface area contributed by atoms with Gasteiger partial charge in [0.15, 0.2) is 12.6 Å². The highest BCUT2D eigenvalue weighted by molar-refractivity contribution is 4.91. The summed E-state index contributed by atoms with van der Waals surface area (Å²) < 4.78 is 28.0. The molecule has 250 valence electrons. The summed E-state index contributed by atoms with van der Waals surface area (Å²) in [7, 11) is 0. The molecule has 0 aromatic rings. The molecule has 42 heavy (non-hydrogen) atoms. The second kappa shape index (κ2) is 21.3. The van der Waals surface area contributed by atoms with Gasteiger partial charge >= 0.3 is 0 Å². The van der Waals surface area contributed by atoms with Crippen LogP contribution in [0.5, 0.6) is 0 Å². The second-order valence-electron chi connectivity index (χ2n) is 11.4. The molecule has 8 N–H and O–H groups in total. The monoisotopic (exact) mass is 612 g/mol. The average Bonchev–Trinajstić information content (AvgIpc) is 3.28. The fraction of sp³-hybridized carbons (Fsp3) is 1.00. The molecule has 13 heteroatoms. The van der Waals surface area contributed by atoms with Crippen LogP contribution in [0, 0.1) is 0 Å². The SMILES string of the molecule is CCCCCCCCCCCCCCOC(CO[C@@H]1O[C@H]([C@H](O)CO)[C@H](O)[C@@H]1O)CO[C@@H]1O[C@H](CO)[C@@H](O)[C@H](O)[C@H]1O. The molecule has 0 aliphatic carbocycles. The predicted molar refractivity (Wildman–Crippen MR) is 150 cm³/mol. The minimum absolute atomic E-state index is 0.161. The highest BCUT2D eigenvalue weighted by atomic mass is 16.7. The van der Waals surface area contributed by atoms with Crippen LogP contribution in [-0.2, 0) is 23.7 Å². The van der Waals surface area contributed by atoms with Crippen LogP contribution in [0.3, 0.4) is 0 Å². The first-order chi connectivity index (χ1) is 20.2. The Hall–Kier alpha value is -0.520. The third kappa shape index (κ3) is 12.5. The maximum Gasteiger partial charge on any atom is 0.186 e. The van der Waals surface area contributed by atoms with Gasteiger partial charge < -0.3 is 64.5 Å². The lowest BCUT2D eigenvalue weighted by molar-refractivity contribution is -0.307. The van der Waals surface area contributed by atoms with E-state index in [2.05, 4.69) is 6.92 Å². The van der Waals surface area contributed by atoms with Gasteiger partial charge in [-0.05, 0) is 6.42 Å². The number of unbranched alkanes of at least 4 members (excludes halogenated alkanes) is 11. The summed E-state index contributed by atoms with van der Waals surface area (Å²) in [5.41, 5.74) is 0. The molecule has 2 fully saturated rings. The van der Waals surface area contributed by atoms with E-state index in [0.717, 1.165) is 19.3 Å². The fourth-order valence-corrected chi connectivity index (χ4v) is 5.18. The van der Waals surface area contributed by atoms with E-state index in [1.165, 1.54) is 57.8 Å². The van der Waals surface area contributed by atoms with Crippen molar-refractivity contribution < 1.29 is 64.5 Å². The predicted octanol–water partition coefficient (Wildman–Crippen LogP) is -0.294. The molecular formula is C29H56O13. The maximum absolute atomic E-state index is 10.3. The first-order valence-electron chi connectivity index (χ1n) is 15.7. The molecule has 0 radical (unpaired) electrons. The van der Waals surface area contributed by atoms with Gasteiger partial charge in [0.1, 0.15) is 54.9 Å². The lowest BCUT2D eigenvalue weighted by Gasteiger charge is -2.40. The average molecular weight is 613 g/mol. The van der Waals surface area contributed by atoms with Crippen LogP contribution in [0.2, 0.25) is 0 Å². The minimum atomic E-state index is -1.59. The van der Waals surface area contributed by atoms with Gasteiger partial charge in [0.25, 0.3) is 0 Å². The van der Waals surface area contributed by atoms with Crippen molar-refractivity contribution in [2.45, 2.75) is 151 Å². The molecule has 0 aromatic heterocycles. The van der Waals surface area contributed by atoms with E-state index in [-0.39, 0.29) is 13.2 Å². The van der Waals surface area contributed by atoms with Crippen molar-refractivity contribution in [2.75, 3.05) is 33.0 Å². The molecule has 0 bridgehead atoms. The van der Waals surface area contributed by atoms with Crippen molar-refractivity contribution in [3.8, 4) is 0 Å². The van der Waals surface area contributed by atoms with Crippen molar-refractivity contribution in [3.05, 3.63) is 0 Å². The van der Waals surface area contributed by atoms with Crippen LogP contribution >= 0.6 is 0 Å². The van der Waals surface area contributed by atoms with Crippen molar-refractivity contribution >= 4 is 0 Å². The Morgan fingerprint density at radius 3 is 1.64 bits per heavy atom. The summed E-state index contributed by atoms with van der Waals surface area (Å²) in [6.07, 6.45) is -0.390. The molecule has 2 rings (SSSR count). The molecule has 2 saturated heterocycles. The van der Waals surface area contributed by atoms with Gasteiger partial charge in [-0.15, -0.1) is 0 Å². The summed E-state index contributed by atoms with van der Waals surface area (Å²) >= 11 is 0. The molecule has 0 aromatic carbocycles. The first-order valence-corrected chi connectivity index (χ1v) is 15.7. The standard InChI is InChI=1S/C29H56O13/c1-2-3-4-5-6-7-8-9-10-11-12-13-14-38-19(17-39-28-25(36)23(34)22(33)21(16-31)41-28)18-40-29-26(37)24(35)27(42-29)20(32)15-30/h19-37H,2-18H2,1H3/t19?,20-,21-,22-,23+,24-,25-,26+,27-,28-,29-/m1/s1. The van der Waals surface area contributed by atoms with E-state index in [9.17, 15) is 35.7 Å². The van der Waals surface area contributed by atoms with Gasteiger partial charge in [0.2, 0.25) is 0 Å². The van der Waals surface area contributed by atoms with E-state index in [0.29, 0.717) is 6.61 Å². The lowest BCUT2D eigenvalue weighted by Crippen LogP contribution is -2.59. The van der Waals surface area contributed by atoms with Crippen LogP contribution < -0.4 is 0 Å². The Bertz CT molecular complexity index is 671. The van der Waals surface area contributed by atoms with Gasteiger partial charge in [-0.1, -0.05) is 77.6 Å². The van der Waals surface area contributed by atoms with Crippen LogP contribution in [0.1, 0.15) is 84.0 Å². The molecule has 13 nitrogen and oxygen atoms in total. The zero-order valence-corrected chi connectivity index (χ0v) is 25.0. The van der Waals surface area contributed by atoms with Gasteiger partial charge in [-0.3, -0.25) is 0 Å². The second-order valence-corrected chi connectivity index (χ2v) is 11.4. The Balaban J connectivity index is 1.78. The molecule has 0 amide bonds. The Labute approximate surface area is 249 Å². The highest BCUT2D eigenvalue weighted by Gasteiger charge is 2.47. The van der Waals surface area contributed by atoms with E-state index < -0.39 is 80.7 Å². The third-order valence-corrected chi connectivity index (χ3v) is 7.92. The number of hydrogen-bond acceptors (Lipinski definition) is 13. The smallest absolute Gasteiger partial charge is 0.186 e. The van der Waals surface area contributed by atoms with Crippen LogP contribution in [0.4, 0.5) is 0 Å². The van der Waals surface area contributed by atoms with E-state index in [1.54, 1.807) is 0 Å². The zero-order valence-electron chi connectivity index (χ0n) is 25.0. The van der Waals surface area contributed by atoms with E-state index in [1.807, 2.05) is 0 Å². The highest BCUT2D eigenvalue weighted by Crippen LogP contribution is 2.26. The van der Waals surface area contributed by atoms with E-state index in [4.69, 9.17) is 28.8 Å². The Kier molecular flexibility index (Phi) is 19.1. The van der Waals surface area contributed by atoms with Crippen LogP contribution in [0.15, 0.2) is 0 Å². The quantitative estimate of drug-likeness (QED) is 0.0699. The van der Waals surface area contributed by atoms with E-state index >= 15 is 0 Å². The van der Waals surface area contributed by atoms with Crippen molar-refractivity contribution in [3.63, 3.8) is 0 Å². The van der Waals surface area contributed by atoms with Gasteiger partial charge in [-0.25, -0.2) is 0 Å². The summed E-state index contributed by atoms with van der Waals surface area (Å²) in [6, 6.07) is 0. The summed E-state index contributed by atoms with van der Waals surface area (Å²) in [4.78, 5) is 0. The zero-order chi connectivity index (χ0) is 30.9. The molecule has 0 spiro atoms. The van der Waals surface area contributed by atoms with Crippen molar-refractivity contribution in [2.24, 2.45) is 0 Å². The first kappa shape index (κ1) is 37.7. The Morgan fingerprint density at radius 2 is 1.12 bits per heavy atom. The number of aliphatic hydroxyl groups excluding tert-OH is 8. The molecule has 1 unspecified atom stereocenters. The van der Waals surface area contributed by atoms with Gasteiger partial charge in [0, 0.05) is 6.61 Å².